The first-order chi connectivity index (χ1) is 5.54. The van der Waals surface area contributed by atoms with Crippen molar-refractivity contribution in [2.45, 2.75) is 0 Å². The molecule has 0 aliphatic carbocycles. The average molecular weight is 234 g/mol. The lowest BCUT2D eigenvalue weighted by atomic mass is 10.2. The summed E-state index contributed by atoms with van der Waals surface area (Å²) in [6.07, 6.45) is 1.17. The summed E-state index contributed by atoms with van der Waals surface area (Å²) in [5, 5.41) is 17.6. The fourth-order valence-corrected chi connectivity index (χ4v) is 1.01. The highest BCUT2D eigenvalue weighted by atomic mass is 79.9. The number of hydrogen-bond donors (Lipinski definition) is 3. The summed E-state index contributed by atoms with van der Waals surface area (Å²) >= 11 is 2.87. The number of pyridine rings is 1. The molecule has 0 saturated carbocycles. The molecule has 0 amide bonds. The van der Waals surface area contributed by atoms with Crippen LogP contribution in [0.25, 0.3) is 0 Å². The van der Waals surface area contributed by atoms with Gasteiger partial charge in [-0.2, -0.15) is 0 Å². The molecule has 1 rings (SSSR count). The van der Waals surface area contributed by atoms with E-state index in [1.807, 2.05) is 0 Å². The molecule has 0 radical (unpaired) electrons. The van der Waals surface area contributed by atoms with Gasteiger partial charge in [0.15, 0.2) is 11.3 Å². The van der Waals surface area contributed by atoms with E-state index in [1.165, 1.54) is 6.20 Å². The van der Waals surface area contributed by atoms with Gasteiger partial charge in [0.05, 0.1) is 4.47 Å². The maximum absolute atomic E-state index is 10.8. The Morgan fingerprint density at radius 3 is 2.58 bits per heavy atom. The highest BCUT2D eigenvalue weighted by Crippen LogP contribution is 2.23. The van der Waals surface area contributed by atoms with E-state index in [0.717, 1.165) is 0 Å². The zero-order valence-corrected chi connectivity index (χ0v) is 7.25. The number of carboxylic acids is 1. The van der Waals surface area contributed by atoms with E-state index in [0.29, 0.717) is 0 Å². The average Bonchev–Trinajstić information content (AvgIpc) is 1.97. The minimum atomic E-state index is -1.46. The van der Waals surface area contributed by atoms with Gasteiger partial charge in [-0.15, -0.1) is 0 Å². The number of aromatic nitrogens is 1. The number of hydrogen-bond acceptors (Lipinski definition) is 3. The van der Waals surface area contributed by atoms with Crippen LogP contribution in [0.5, 0.6) is 5.75 Å². The monoisotopic (exact) mass is 233 g/mol. The summed E-state index contributed by atoms with van der Waals surface area (Å²) in [5.74, 6) is -2.03. The second-order valence-corrected chi connectivity index (χ2v) is 2.85. The van der Waals surface area contributed by atoms with Gasteiger partial charge in [0, 0.05) is 6.20 Å². The van der Waals surface area contributed by atoms with Crippen molar-refractivity contribution >= 4 is 21.9 Å². The lowest BCUT2D eigenvalue weighted by Crippen LogP contribution is -2.16. The smallest absolute Gasteiger partial charge is 0.345 e. The van der Waals surface area contributed by atoms with Gasteiger partial charge in [-0.25, -0.2) is 4.79 Å². The Bertz CT molecular complexity index is 384. The Morgan fingerprint density at radius 2 is 2.17 bits per heavy atom. The third kappa shape index (κ3) is 1.33. The molecule has 6 heteroatoms. The molecule has 0 saturated heterocycles. The number of aromatic amines is 1. The van der Waals surface area contributed by atoms with Crippen molar-refractivity contribution in [3.05, 3.63) is 26.6 Å². The molecule has 1 heterocycles. The van der Waals surface area contributed by atoms with Crippen LogP contribution in [-0.4, -0.2) is 21.2 Å². The lowest BCUT2D eigenvalue weighted by Gasteiger charge is -1.98. The van der Waals surface area contributed by atoms with Crippen LogP contribution in [0.4, 0.5) is 0 Å². The topological polar surface area (TPSA) is 90.4 Å². The summed E-state index contributed by atoms with van der Waals surface area (Å²) < 4.78 is 0.138. The Morgan fingerprint density at radius 1 is 1.58 bits per heavy atom. The van der Waals surface area contributed by atoms with Crippen LogP contribution < -0.4 is 5.56 Å². The van der Waals surface area contributed by atoms with Crippen molar-refractivity contribution in [3.63, 3.8) is 0 Å². The number of nitrogens with one attached hydrogen (secondary N) is 1. The second-order valence-electron chi connectivity index (χ2n) is 1.99. The SMILES string of the molecule is O=C(O)c1c(O)c(Br)c[nH]c1=O. The number of aromatic hydroxyl groups is 1. The molecule has 0 unspecified atom stereocenters. The number of halogens is 1. The standard InChI is InChI=1S/C6H4BrNO4/c7-2-1-8-5(10)3(4(2)9)6(11)12/h1H,(H,11,12)(H2,8,9,10). The van der Waals surface area contributed by atoms with E-state index in [9.17, 15) is 9.59 Å². The van der Waals surface area contributed by atoms with Crippen molar-refractivity contribution < 1.29 is 15.0 Å². The minimum Gasteiger partial charge on any atom is -0.506 e. The number of carboxylic acid groups (broad SMARTS) is 1. The molecule has 0 atom stereocenters. The molecule has 64 valence electrons. The molecule has 12 heavy (non-hydrogen) atoms. The normalized spacial score (nSPS) is 9.75. The quantitative estimate of drug-likeness (QED) is 0.661. The second kappa shape index (κ2) is 2.98. The van der Waals surface area contributed by atoms with Crippen LogP contribution in [0, 0.1) is 0 Å². The Kier molecular flexibility index (Phi) is 2.18. The van der Waals surface area contributed by atoms with Crippen molar-refractivity contribution in [2.75, 3.05) is 0 Å². The summed E-state index contributed by atoms with van der Waals surface area (Å²) in [4.78, 5) is 23.4. The van der Waals surface area contributed by atoms with E-state index in [-0.39, 0.29) is 4.47 Å². The van der Waals surface area contributed by atoms with E-state index in [1.54, 1.807) is 0 Å². The van der Waals surface area contributed by atoms with Crippen molar-refractivity contribution in [2.24, 2.45) is 0 Å². The summed E-state index contributed by atoms with van der Waals surface area (Å²) in [6.45, 7) is 0. The highest BCUT2D eigenvalue weighted by Gasteiger charge is 2.16. The first-order valence-corrected chi connectivity index (χ1v) is 3.66. The molecule has 1 aromatic rings. The molecule has 0 aliphatic heterocycles. The van der Waals surface area contributed by atoms with Crippen molar-refractivity contribution in [1.29, 1.82) is 0 Å². The van der Waals surface area contributed by atoms with Gasteiger partial charge in [0.25, 0.3) is 5.56 Å². The summed E-state index contributed by atoms with van der Waals surface area (Å²) in [6, 6.07) is 0. The zero-order valence-electron chi connectivity index (χ0n) is 5.67. The molecular formula is C6H4BrNO4. The third-order valence-electron chi connectivity index (χ3n) is 1.23. The lowest BCUT2D eigenvalue weighted by molar-refractivity contribution is 0.0691. The van der Waals surface area contributed by atoms with E-state index in [2.05, 4.69) is 20.9 Å². The van der Waals surface area contributed by atoms with Gasteiger partial charge >= 0.3 is 5.97 Å². The molecule has 5 nitrogen and oxygen atoms in total. The fraction of sp³-hybridized carbons (Fsp3) is 0. The van der Waals surface area contributed by atoms with E-state index in [4.69, 9.17) is 10.2 Å². The summed E-state index contributed by atoms with van der Waals surface area (Å²) in [7, 11) is 0. The van der Waals surface area contributed by atoms with Gasteiger partial charge in [-0.3, -0.25) is 4.79 Å². The molecule has 3 N–H and O–H groups in total. The van der Waals surface area contributed by atoms with Crippen LogP contribution in [0.3, 0.4) is 0 Å². The predicted molar refractivity (Wildman–Crippen MR) is 43.4 cm³/mol. The predicted octanol–water partition coefficient (Wildman–Crippen LogP) is 0.541. The van der Waals surface area contributed by atoms with Crippen LogP contribution >= 0.6 is 15.9 Å². The Balaban J connectivity index is 3.54. The number of aromatic carboxylic acids is 1. The maximum Gasteiger partial charge on any atom is 0.345 e. The van der Waals surface area contributed by atoms with Gasteiger partial charge < -0.3 is 15.2 Å². The maximum atomic E-state index is 10.8. The van der Waals surface area contributed by atoms with Crippen LogP contribution in [0.1, 0.15) is 10.4 Å². The summed E-state index contributed by atoms with van der Waals surface area (Å²) in [5.41, 5.74) is -1.49. The van der Waals surface area contributed by atoms with Crippen LogP contribution in [-0.2, 0) is 0 Å². The van der Waals surface area contributed by atoms with Crippen LogP contribution in [0.2, 0.25) is 0 Å². The van der Waals surface area contributed by atoms with Crippen LogP contribution in [0.15, 0.2) is 15.5 Å². The molecule has 0 spiro atoms. The largest absolute Gasteiger partial charge is 0.506 e. The third-order valence-corrected chi connectivity index (χ3v) is 1.84. The van der Waals surface area contributed by atoms with Gasteiger partial charge in [-0.05, 0) is 15.9 Å². The Hall–Kier alpha value is -1.30. The van der Waals surface area contributed by atoms with E-state index < -0.39 is 22.8 Å². The molecule has 0 fully saturated rings. The number of rotatable bonds is 1. The van der Waals surface area contributed by atoms with Gasteiger partial charge in [0.2, 0.25) is 0 Å². The number of carbonyl (C=O) groups is 1. The van der Waals surface area contributed by atoms with Gasteiger partial charge in [-0.1, -0.05) is 0 Å². The minimum absolute atomic E-state index is 0.138. The first kappa shape index (κ1) is 8.79. The molecule has 1 aromatic heterocycles. The fourth-order valence-electron chi connectivity index (χ4n) is 0.695. The molecule has 0 bridgehead atoms. The number of H-pyrrole nitrogens is 1. The van der Waals surface area contributed by atoms with E-state index >= 15 is 0 Å². The highest BCUT2D eigenvalue weighted by molar-refractivity contribution is 9.10. The van der Waals surface area contributed by atoms with Crippen molar-refractivity contribution in [1.82, 2.24) is 4.98 Å². The van der Waals surface area contributed by atoms with Gasteiger partial charge in [0.1, 0.15) is 0 Å². The Labute approximate surface area is 74.8 Å². The van der Waals surface area contributed by atoms with Crippen molar-refractivity contribution in [3.8, 4) is 5.75 Å². The zero-order chi connectivity index (χ0) is 9.30. The molecular weight excluding hydrogens is 230 g/mol. The molecule has 0 aromatic carbocycles. The first-order valence-electron chi connectivity index (χ1n) is 2.87. The molecule has 0 aliphatic rings.